The second kappa shape index (κ2) is 8.13. The van der Waals surface area contributed by atoms with E-state index in [0.29, 0.717) is 0 Å². The van der Waals surface area contributed by atoms with Crippen molar-refractivity contribution in [2.45, 2.75) is 88.4 Å². The minimum Gasteiger partial charge on any atom is -0.229 e. The minimum absolute atomic E-state index is 0.101. The number of benzene rings is 1. The molecule has 0 saturated carbocycles. The topological polar surface area (TPSA) is 12.9 Å². The van der Waals surface area contributed by atoms with Gasteiger partial charge in [0, 0.05) is 10.5 Å². The Morgan fingerprint density at radius 3 is 1.36 bits per heavy atom. The van der Waals surface area contributed by atoms with E-state index >= 15 is 0 Å². The van der Waals surface area contributed by atoms with Crippen LogP contribution in [-0.4, -0.2) is 37.0 Å². The molecule has 1 heterocycles. The Morgan fingerprint density at radius 2 is 1.00 bits per heavy atom. The molecule has 0 amide bonds. The molecule has 28 heavy (non-hydrogen) atoms. The van der Waals surface area contributed by atoms with Crippen molar-refractivity contribution >= 4 is 46.9 Å². The van der Waals surface area contributed by atoms with Crippen LogP contribution in [-0.2, 0) is 0 Å². The number of hydrogen-bond acceptors (Lipinski definition) is 1. The fraction of sp³-hybridized carbons (Fsp3) is 0.667. The van der Waals surface area contributed by atoms with Gasteiger partial charge in [0.1, 0.15) is 0 Å². The van der Waals surface area contributed by atoms with Crippen molar-refractivity contribution in [2.75, 3.05) is 0 Å². The highest BCUT2D eigenvalue weighted by atomic mass is 31.9. The highest BCUT2D eigenvalue weighted by Gasteiger charge is 2.48. The highest BCUT2D eigenvalue weighted by Crippen LogP contribution is 2.75. The van der Waals surface area contributed by atoms with Gasteiger partial charge in [-0.25, -0.2) is 4.75 Å². The molecule has 2 atom stereocenters. The quantitative estimate of drug-likeness (QED) is 0.357. The lowest BCUT2D eigenvalue weighted by atomic mass is 10.2. The molecule has 158 valence electrons. The van der Waals surface area contributed by atoms with Crippen molar-refractivity contribution < 1.29 is 0 Å². The molecule has 0 N–H and O–H groups in total. The van der Waals surface area contributed by atoms with Crippen molar-refractivity contribution in [2.24, 2.45) is 0 Å². The molecular formula is C21H43NP2Si4. The van der Waals surface area contributed by atoms with Gasteiger partial charge in [0.05, 0.1) is 37.7 Å². The summed E-state index contributed by atoms with van der Waals surface area (Å²) in [6, 6.07) is 11.2. The molecule has 2 rings (SSSR count). The Hall–Kier alpha value is 0.358. The number of rotatable bonds is 7. The Bertz CT molecular complexity index is 756. The Balaban J connectivity index is 2.80. The zero-order valence-electron chi connectivity index (χ0n) is 20.4. The zero-order valence-corrected chi connectivity index (χ0v) is 26.2. The summed E-state index contributed by atoms with van der Waals surface area (Å²) in [6.45, 7) is 31.6. The van der Waals surface area contributed by atoms with E-state index in [9.17, 15) is 0 Å². The van der Waals surface area contributed by atoms with Crippen molar-refractivity contribution in [3.63, 3.8) is 0 Å². The van der Waals surface area contributed by atoms with Crippen LogP contribution in [0.4, 0.5) is 0 Å². The summed E-state index contributed by atoms with van der Waals surface area (Å²) in [5, 5.41) is 0. The van der Waals surface area contributed by atoms with Gasteiger partial charge in [0.2, 0.25) is 0 Å². The molecule has 0 aliphatic heterocycles. The molecule has 0 radical (unpaired) electrons. The first-order valence-corrected chi connectivity index (χ1v) is 28.5. The highest BCUT2D eigenvalue weighted by molar-refractivity contribution is 8.13. The summed E-state index contributed by atoms with van der Waals surface area (Å²) in [4.78, 5) is 1.92. The SMILES string of the molecule is C[Si](C)(C)C(p1nc(-c2ccccc2)p1C([Si](C)(C)C)[Si](C)(C)C)[Si](C)(C)C. The summed E-state index contributed by atoms with van der Waals surface area (Å²) in [5.41, 5.74) is 2.97. The van der Waals surface area contributed by atoms with E-state index < -0.39 is 32.3 Å². The van der Waals surface area contributed by atoms with Crippen LogP contribution in [0.2, 0.25) is 78.6 Å². The van der Waals surface area contributed by atoms with Gasteiger partial charge in [0.25, 0.3) is 0 Å². The predicted octanol–water partition coefficient (Wildman–Crippen LogP) is 9.31. The lowest BCUT2D eigenvalue weighted by Crippen LogP contribution is -2.46. The smallest absolute Gasteiger partial charge is 0.0980 e. The Labute approximate surface area is 180 Å². The molecule has 0 aliphatic carbocycles. The molecule has 2 unspecified atom stereocenters. The lowest BCUT2D eigenvalue weighted by molar-refractivity contribution is 1.35. The largest absolute Gasteiger partial charge is 0.229 e. The van der Waals surface area contributed by atoms with Gasteiger partial charge < -0.3 is 0 Å². The molecule has 2 aromatic rings. The molecule has 0 aliphatic rings. The van der Waals surface area contributed by atoms with Gasteiger partial charge in [-0.05, 0) is 12.3 Å². The number of aromatic nitrogens is 1. The van der Waals surface area contributed by atoms with Crippen molar-refractivity contribution in [1.82, 2.24) is 4.75 Å². The molecule has 1 aromatic heterocycles. The van der Waals surface area contributed by atoms with Gasteiger partial charge in [-0.2, -0.15) is 0 Å². The van der Waals surface area contributed by atoms with Crippen molar-refractivity contribution in [3.05, 3.63) is 30.3 Å². The van der Waals surface area contributed by atoms with Gasteiger partial charge in [-0.3, -0.25) is 0 Å². The van der Waals surface area contributed by atoms with Crippen LogP contribution < -0.4 is 0 Å². The summed E-state index contributed by atoms with van der Waals surface area (Å²) in [5.74, 6) is 0. The van der Waals surface area contributed by atoms with E-state index in [1.54, 1.807) is 0 Å². The molecule has 1 nitrogen and oxygen atoms in total. The van der Waals surface area contributed by atoms with Crippen LogP contribution >= 0.6 is 14.6 Å². The maximum atomic E-state index is 5.58. The van der Waals surface area contributed by atoms with E-state index in [1.165, 1.54) is 11.0 Å². The summed E-state index contributed by atoms with van der Waals surface area (Å²) < 4.78 is 5.58. The average Bonchev–Trinajstić information content (AvgIpc) is 2.44. The molecule has 0 bridgehead atoms. The monoisotopic (exact) mass is 483 g/mol. The number of hydrogen-bond donors (Lipinski definition) is 0. The Morgan fingerprint density at radius 1 is 0.607 bits per heavy atom. The predicted molar refractivity (Wildman–Crippen MR) is 147 cm³/mol. The summed E-state index contributed by atoms with van der Waals surface area (Å²) in [6.07, 6.45) is 0. The van der Waals surface area contributed by atoms with Crippen LogP contribution in [0.5, 0.6) is 0 Å². The van der Waals surface area contributed by atoms with Crippen LogP contribution in [0, 0.1) is 0 Å². The summed E-state index contributed by atoms with van der Waals surface area (Å²) >= 11 is 0. The van der Waals surface area contributed by atoms with Gasteiger partial charge >= 0.3 is 0 Å². The molecular weight excluding hydrogens is 441 g/mol. The zero-order chi connectivity index (χ0) is 21.7. The third kappa shape index (κ3) is 5.34. The fourth-order valence-corrected chi connectivity index (χ4v) is 60.6. The first-order valence-electron chi connectivity index (χ1n) is 10.7. The van der Waals surface area contributed by atoms with E-state index in [2.05, 4.69) is 109 Å². The van der Waals surface area contributed by atoms with Gasteiger partial charge in [0.15, 0.2) is 0 Å². The molecule has 1 aromatic carbocycles. The second-order valence-corrected chi connectivity index (χ2v) is 42.6. The third-order valence-electron chi connectivity index (χ3n) is 5.42. The van der Waals surface area contributed by atoms with Crippen LogP contribution in [0.3, 0.4) is 0 Å². The van der Waals surface area contributed by atoms with Gasteiger partial charge in [-0.15, -0.1) is 0 Å². The van der Waals surface area contributed by atoms with Crippen LogP contribution in [0.15, 0.2) is 30.3 Å². The first-order chi connectivity index (χ1) is 12.5. The maximum absolute atomic E-state index is 5.58. The maximum Gasteiger partial charge on any atom is 0.0980 e. The Kier molecular flexibility index (Phi) is 7.15. The first kappa shape index (κ1) is 24.6. The fourth-order valence-electron chi connectivity index (χ4n) is 5.48. The lowest BCUT2D eigenvalue weighted by Gasteiger charge is -2.47. The standard InChI is InChI=1S/C21H43NP2Si4/c1-25(2,3)20(26(4,5)6)23-19(18-16-14-13-15-17-18)22-24(23)21(27(7,8)9)28(10,11)12/h13-17,20-21H,1-12H3. The van der Waals surface area contributed by atoms with Gasteiger partial charge in [-0.1, -0.05) is 116 Å². The van der Waals surface area contributed by atoms with Crippen LogP contribution in [0.1, 0.15) is 9.81 Å². The van der Waals surface area contributed by atoms with Crippen molar-refractivity contribution in [1.29, 1.82) is 0 Å². The number of nitrogens with zero attached hydrogens (tertiary/aromatic N) is 1. The van der Waals surface area contributed by atoms with E-state index in [4.69, 9.17) is 4.75 Å². The van der Waals surface area contributed by atoms with Crippen molar-refractivity contribution in [3.8, 4) is 11.0 Å². The summed E-state index contributed by atoms with van der Waals surface area (Å²) in [7, 11) is -5.37. The molecule has 0 spiro atoms. The minimum atomic E-state index is -1.28. The second-order valence-electron chi connectivity index (χ2n) is 12.7. The van der Waals surface area contributed by atoms with E-state index in [1.807, 2.05) is 0 Å². The normalized spacial score (nSPS) is 15.6. The molecule has 0 saturated heterocycles. The van der Waals surface area contributed by atoms with E-state index in [0.717, 1.165) is 9.81 Å². The molecule has 7 heteroatoms. The average molecular weight is 484 g/mol. The molecule has 0 fully saturated rings. The third-order valence-corrected chi connectivity index (χ3v) is 43.6. The van der Waals surface area contributed by atoms with E-state index in [-0.39, 0.29) is 14.6 Å². The van der Waals surface area contributed by atoms with Crippen LogP contribution in [0.25, 0.3) is 11.0 Å².